The summed E-state index contributed by atoms with van der Waals surface area (Å²) in [6, 6.07) is 0.294. The van der Waals surface area contributed by atoms with Crippen molar-refractivity contribution in [3.8, 4) is 0 Å². The second-order valence-electron chi connectivity index (χ2n) is 5.45. The molecule has 0 aliphatic carbocycles. The van der Waals surface area contributed by atoms with Crippen LogP contribution in [-0.2, 0) is 4.79 Å². The zero-order chi connectivity index (χ0) is 12.3. The van der Waals surface area contributed by atoms with Crippen molar-refractivity contribution >= 4 is 5.91 Å². The highest BCUT2D eigenvalue weighted by atomic mass is 16.3. The van der Waals surface area contributed by atoms with Gasteiger partial charge in [0.2, 0.25) is 5.91 Å². The van der Waals surface area contributed by atoms with Crippen LogP contribution in [0.3, 0.4) is 0 Å². The molecule has 2 aliphatic heterocycles. The SMILES string of the molecule is CCN1CCC2(CC1)C[C@H](CCCO)NC2=O. The lowest BCUT2D eigenvalue weighted by Gasteiger charge is -2.36. The van der Waals surface area contributed by atoms with Gasteiger partial charge in [-0.25, -0.2) is 0 Å². The van der Waals surface area contributed by atoms with E-state index in [9.17, 15) is 4.79 Å². The summed E-state index contributed by atoms with van der Waals surface area (Å²) >= 11 is 0. The largest absolute Gasteiger partial charge is 0.396 e. The van der Waals surface area contributed by atoms with Crippen LogP contribution in [0, 0.1) is 5.41 Å². The lowest BCUT2D eigenvalue weighted by Crippen LogP contribution is -2.43. The number of aliphatic hydroxyl groups is 1. The van der Waals surface area contributed by atoms with Gasteiger partial charge in [-0.2, -0.15) is 0 Å². The number of piperidine rings is 1. The minimum Gasteiger partial charge on any atom is -0.396 e. The first-order chi connectivity index (χ1) is 8.20. The highest BCUT2D eigenvalue weighted by molar-refractivity contribution is 5.85. The summed E-state index contributed by atoms with van der Waals surface area (Å²) in [5, 5.41) is 12.0. The van der Waals surface area contributed by atoms with Gasteiger partial charge in [0, 0.05) is 12.6 Å². The number of hydrogen-bond donors (Lipinski definition) is 2. The van der Waals surface area contributed by atoms with Gasteiger partial charge in [0.25, 0.3) is 0 Å². The number of hydrogen-bond acceptors (Lipinski definition) is 3. The van der Waals surface area contributed by atoms with Crippen molar-refractivity contribution in [1.82, 2.24) is 10.2 Å². The molecule has 17 heavy (non-hydrogen) atoms. The van der Waals surface area contributed by atoms with E-state index in [0.29, 0.717) is 6.04 Å². The number of nitrogens with one attached hydrogen (secondary N) is 1. The maximum atomic E-state index is 12.1. The first-order valence-corrected chi connectivity index (χ1v) is 6.84. The molecule has 1 atom stereocenters. The summed E-state index contributed by atoms with van der Waals surface area (Å²) < 4.78 is 0. The molecule has 2 fully saturated rings. The molecule has 2 saturated heterocycles. The number of amides is 1. The third kappa shape index (κ3) is 2.63. The van der Waals surface area contributed by atoms with E-state index in [1.165, 1.54) is 0 Å². The minimum absolute atomic E-state index is 0.0915. The van der Waals surface area contributed by atoms with E-state index in [1.807, 2.05) is 0 Å². The van der Waals surface area contributed by atoms with Gasteiger partial charge in [-0.05, 0) is 51.7 Å². The average molecular weight is 240 g/mol. The topological polar surface area (TPSA) is 52.6 Å². The molecule has 98 valence electrons. The fourth-order valence-corrected chi connectivity index (χ4v) is 3.19. The molecule has 0 radical (unpaired) electrons. The molecule has 2 rings (SSSR count). The summed E-state index contributed by atoms with van der Waals surface area (Å²) in [6.45, 7) is 5.60. The van der Waals surface area contributed by atoms with Crippen LogP contribution in [0.25, 0.3) is 0 Å². The van der Waals surface area contributed by atoms with Gasteiger partial charge in [0.15, 0.2) is 0 Å². The van der Waals surface area contributed by atoms with Crippen molar-refractivity contribution in [3.63, 3.8) is 0 Å². The molecular weight excluding hydrogens is 216 g/mol. The van der Waals surface area contributed by atoms with E-state index in [4.69, 9.17) is 5.11 Å². The second kappa shape index (κ2) is 5.36. The van der Waals surface area contributed by atoms with Crippen molar-refractivity contribution in [2.45, 2.75) is 45.1 Å². The Hall–Kier alpha value is -0.610. The number of carbonyl (C=O) groups is 1. The first-order valence-electron chi connectivity index (χ1n) is 6.84. The quantitative estimate of drug-likeness (QED) is 0.762. The normalized spacial score (nSPS) is 28.6. The molecule has 0 aromatic heterocycles. The van der Waals surface area contributed by atoms with E-state index >= 15 is 0 Å². The smallest absolute Gasteiger partial charge is 0.226 e. The van der Waals surface area contributed by atoms with Gasteiger partial charge in [0.1, 0.15) is 0 Å². The van der Waals surface area contributed by atoms with Crippen LogP contribution in [-0.4, -0.2) is 48.2 Å². The van der Waals surface area contributed by atoms with Crippen LogP contribution in [0.2, 0.25) is 0 Å². The van der Waals surface area contributed by atoms with Crippen LogP contribution in [0.15, 0.2) is 0 Å². The number of aliphatic hydroxyl groups excluding tert-OH is 1. The molecule has 2 heterocycles. The molecule has 0 bridgehead atoms. The van der Waals surface area contributed by atoms with E-state index < -0.39 is 0 Å². The summed E-state index contributed by atoms with van der Waals surface area (Å²) in [7, 11) is 0. The summed E-state index contributed by atoms with van der Waals surface area (Å²) in [4.78, 5) is 14.5. The molecule has 0 saturated carbocycles. The molecule has 4 nitrogen and oxygen atoms in total. The maximum absolute atomic E-state index is 12.1. The number of likely N-dealkylation sites (tertiary alicyclic amines) is 1. The van der Waals surface area contributed by atoms with Crippen molar-refractivity contribution in [2.24, 2.45) is 5.41 Å². The lowest BCUT2D eigenvalue weighted by atomic mass is 9.75. The van der Waals surface area contributed by atoms with Crippen LogP contribution in [0.5, 0.6) is 0 Å². The molecule has 0 unspecified atom stereocenters. The van der Waals surface area contributed by atoms with Gasteiger partial charge >= 0.3 is 0 Å². The third-order valence-corrected chi connectivity index (χ3v) is 4.43. The molecule has 2 aliphatic rings. The van der Waals surface area contributed by atoms with E-state index in [1.54, 1.807) is 0 Å². The Morgan fingerprint density at radius 3 is 2.76 bits per heavy atom. The Labute approximate surface area is 103 Å². The second-order valence-corrected chi connectivity index (χ2v) is 5.45. The predicted octanol–water partition coefficient (Wildman–Crippen LogP) is 0.749. The van der Waals surface area contributed by atoms with Crippen molar-refractivity contribution in [2.75, 3.05) is 26.2 Å². The minimum atomic E-state index is -0.0915. The van der Waals surface area contributed by atoms with E-state index in [-0.39, 0.29) is 17.9 Å². The Balaban J connectivity index is 1.91. The Morgan fingerprint density at radius 1 is 1.47 bits per heavy atom. The lowest BCUT2D eigenvalue weighted by molar-refractivity contribution is -0.130. The van der Waals surface area contributed by atoms with Gasteiger partial charge in [0.05, 0.1) is 5.41 Å². The molecule has 4 heteroatoms. The highest BCUT2D eigenvalue weighted by Crippen LogP contribution is 2.41. The summed E-state index contributed by atoms with van der Waals surface area (Å²) in [5.74, 6) is 0.260. The zero-order valence-electron chi connectivity index (χ0n) is 10.7. The molecule has 2 N–H and O–H groups in total. The van der Waals surface area contributed by atoms with E-state index in [2.05, 4.69) is 17.1 Å². The Morgan fingerprint density at radius 2 is 2.18 bits per heavy atom. The number of nitrogens with zero attached hydrogens (tertiary/aromatic N) is 1. The third-order valence-electron chi connectivity index (χ3n) is 4.43. The van der Waals surface area contributed by atoms with Crippen LogP contribution < -0.4 is 5.32 Å². The number of rotatable bonds is 4. The van der Waals surface area contributed by atoms with Crippen LogP contribution in [0.1, 0.15) is 39.0 Å². The molecule has 0 aromatic rings. The molecular formula is C13H24N2O2. The highest BCUT2D eigenvalue weighted by Gasteiger charge is 2.47. The van der Waals surface area contributed by atoms with Gasteiger partial charge in [-0.1, -0.05) is 6.92 Å². The van der Waals surface area contributed by atoms with Crippen LogP contribution in [0.4, 0.5) is 0 Å². The number of carbonyl (C=O) groups excluding carboxylic acids is 1. The van der Waals surface area contributed by atoms with Crippen molar-refractivity contribution < 1.29 is 9.90 Å². The van der Waals surface area contributed by atoms with E-state index in [0.717, 1.165) is 51.7 Å². The van der Waals surface area contributed by atoms with Gasteiger partial charge in [-0.15, -0.1) is 0 Å². The Kier molecular flexibility index (Phi) is 4.05. The van der Waals surface area contributed by atoms with Crippen molar-refractivity contribution in [3.05, 3.63) is 0 Å². The first kappa shape index (κ1) is 12.8. The zero-order valence-corrected chi connectivity index (χ0v) is 10.7. The molecule has 0 aromatic carbocycles. The predicted molar refractivity (Wildman–Crippen MR) is 66.6 cm³/mol. The Bertz CT molecular complexity index is 273. The monoisotopic (exact) mass is 240 g/mol. The standard InChI is InChI=1S/C13H24N2O2/c1-2-15-7-5-13(6-8-15)10-11(4-3-9-16)14-12(13)17/h11,16H,2-10H2,1H3,(H,14,17)/t11-/m0/s1. The summed E-state index contributed by atoms with van der Waals surface area (Å²) in [6.07, 6.45) is 4.69. The van der Waals surface area contributed by atoms with Gasteiger partial charge < -0.3 is 15.3 Å². The van der Waals surface area contributed by atoms with Crippen LogP contribution >= 0.6 is 0 Å². The average Bonchev–Trinajstić information content (AvgIpc) is 2.65. The summed E-state index contributed by atoms with van der Waals surface area (Å²) in [5.41, 5.74) is -0.0915. The fraction of sp³-hybridized carbons (Fsp3) is 0.923. The van der Waals surface area contributed by atoms with Crippen molar-refractivity contribution in [1.29, 1.82) is 0 Å². The molecule has 1 amide bonds. The fourth-order valence-electron chi connectivity index (χ4n) is 3.19. The van der Waals surface area contributed by atoms with Gasteiger partial charge in [-0.3, -0.25) is 4.79 Å². The molecule has 1 spiro atoms. The maximum Gasteiger partial charge on any atom is 0.226 e.